The predicted molar refractivity (Wildman–Crippen MR) is 218 cm³/mol. The van der Waals surface area contributed by atoms with Crippen molar-refractivity contribution in [3.63, 3.8) is 0 Å². The van der Waals surface area contributed by atoms with Crippen molar-refractivity contribution in [2.75, 3.05) is 19.6 Å². The highest BCUT2D eigenvalue weighted by Gasteiger charge is 2.29. The molecule has 318 valence electrons. The molecule has 0 saturated carbocycles. The van der Waals surface area contributed by atoms with Gasteiger partial charge in [0.2, 0.25) is 11.8 Å². The van der Waals surface area contributed by atoms with Gasteiger partial charge in [-0.25, -0.2) is 0 Å². The molecular formula is C39H81N9O6. The maximum absolute atomic E-state index is 13.8. The molecule has 0 saturated heterocycles. The third-order valence-corrected chi connectivity index (χ3v) is 9.69. The number of guanidine groups is 1. The monoisotopic (exact) mass is 772 g/mol. The normalized spacial score (nSPS) is 14.9. The molecule has 0 fully saturated rings. The number of hydrogen-bond donors (Lipinski definition) is 11. The molecule has 0 aliphatic heterocycles. The van der Waals surface area contributed by atoms with E-state index in [1.165, 1.54) is 64.2 Å². The number of aliphatic carboxylic acids is 1. The van der Waals surface area contributed by atoms with Gasteiger partial charge in [0, 0.05) is 31.6 Å². The fraction of sp³-hybridized carbons (Fsp3) is 0.897. The van der Waals surface area contributed by atoms with Gasteiger partial charge >= 0.3 is 5.97 Å². The van der Waals surface area contributed by atoms with E-state index in [0.717, 1.165) is 32.1 Å². The van der Waals surface area contributed by atoms with E-state index in [2.05, 4.69) is 33.2 Å². The molecule has 6 atom stereocenters. The van der Waals surface area contributed by atoms with Crippen LogP contribution in [0.4, 0.5) is 0 Å². The number of aliphatic imine (C=N–C) groups is 1. The van der Waals surface area contributed by atoms with Crippen LogP contribution in [0, 0.1) is 5.92 Å². The largest absolute Gasteiger partial charge is 0.481 e. The summed E-state index contributed by atoms with van der Waals surface area (Å²) >= 11 is 0. The van der Waals surface area contributed by atoms with Gasteiger partial charge in [0.15, 0.2) is 5.96 Å². The summed E-state index contributed by atoms with van der Waals surface area (Å²) in [4.78, 5) is 40.9. The van der Waals surface area contributed by atoms with E-state index in [1.807, 2.05) is 13.8 Å². The average Bonchev–Trinajstić information content (AvgIpc) is 3.10. The van der Waals surface area contributed by atoms with Crippen LogP contribution >= 0.6 is 0 Å². The first-order valence-electron chi connectivity index (χ1n) is 21.0. The molecule has 2 amide bonds. The number of primary amides is 1. The molecule has 54 heavy (non-hydrogen) atoms. The van der Waals surface area contributed by atoms with Crippen LogP contribution in [0.1, 0.15) is 162 Å². The number of rotatable bonds is 38. The van der Waals surface area contributed by atoms with E-state index in [1.54, 1.807) is 0 Å². The van der Waals surface area contributed by atoms with Crippen LogP contribution in [0.5, 0.6) is 0 Å². The molecule has 15 heteroatoms. The Morgan fingerprint density at radius 3 is 1.80 bits per heavy atom. The molecule has 0 spiro atoms. The number of nitrogens with two attached hydrogens (primary N) is 4. The third-order valence-electron chi connectivity index (χ3n) is 9.69. The number of carbonyl (C=O) groups excluding carboxylic acids is 2. The molecule has 0 heterocycles. The van der Waals surface area contributed by atoms with E-state index in [0.29, 0.717) is 45.2 Å². The zero-order chi connectivity index (χ0) is 40.6. The standard InChI is InChI=1S/C39H81N9O6/c1-4-5-6-7-8-9-10-11-12-13-14-15-16-22-34(49)47-32(21-17-18-25-40)37(53)48-33(27-29(2)3)38(54)46-30(20-19-26-44-39(42)43)28-45-31(36(41)52)23-24-35(50)51/h29-34,37,45,47-49,53H,4-28,40H2,1-3H3,(H2,41,52)(H,46,54)(H,50,51)(H4,42,43,44). The minimum atomic E-state index is -1.13. The lowest BCUT2D eigenvalue weighted by atomic mass is 10.00. The number of nitrogens with one attached hydrogen (secondary N) is 4. The first-order chi connectivity index (χ1) is 25.8. The van der Waals surface area contributed by atoms with Crippen LogP contribution in [0.15, 0.2) is 4.99 Å². The van der Waals surface area contributed by atoms with Crippen molar-refractivity contribution < 1.29 is 29.7 Å². The minimum absolute atomic E-state index is 0.00675. The quantitative estimate of drug-likeness (QED) is 0.0187. The Morgan fingerprint density at radius 1 is 0.704 bits per heavy atom. The lowest BCUT2D eigenvalue weighted by molar-refractivity contribution is -0.137. The number of carboxylic acid groups (broad SMARTS) is 1. The summed E-state index contributed by atoms with van der Waals surface area (Å²) in [6.45, 7) is 7.21. The van der Waals surface area contributed by atoms with Crippen LogP contribution in [0.25, 0.3) is 0 Å². The molecule has 0 aromatic carbocycles. The fourth-order valence-electron chi connectivity index (χ4n) is 6.54. The molecule has 0 rings (SSSR count). The number of unbranched alkanes of at least 4 members (excludes halogenated alkanes) is 13. The van der Waals surface area contributed by atoms with E-state index in [9.17, 15) is 24.6 Å². The van der Waals surface area contributed by atoms with Gasteiger partial charge in [-0.05, 0) is 63.8 Å². The predicted octanol–water partition coefficient (Wildman–Crippen LogP) is 3.04. The number of nitrogens with zero attached hydrogens (tertiary/aromatic N) is 1. The van der Waals surface area contributed by atoms with Gasteiger partial charge < -0.3 is 48.9 Å². The smallest absolute Gasteiger partial charge is 0.303 e. The fourth-order valence-corrected chi connectivity index (χ4v) is 6.54. The first-order valence-corrected chi connectivity index (χ1v) is 21.0. The Kier molecular flexibility index (Phi) is 32.2. The zero-order valence-electron chi connectivity index (χ0n) is 34.0. The summed E-state index contributed by atoms with van der Waals surface area (Å²) in [5, 5.41) is 43.8. The Hall–Kier alpha value is -2.56. The van der Waals surface area contributed by atoms with E-state index in [4.69, 9.17) is 28.0 Å². The van der Waals surface area contributed by atoms with Crippen molar-refractivity contribution in [2.24, 2.45) is 33.8 Å². The number of aliphatic hydroxyl groups is 2. The van der Waals surface area contributed by atoms with Gasteiger partial charge in [-0.15, -0.1) is 0 Å². The average molecular weight is 772 g/mol. The lowest BCUT2D eigenvalue weighted by Gasteiger charge is -2.32. The zero-order valence-corrected chi connectivity index (χ0v) is 34.0. The van der Waals surface area contributed by atoms with Gasteiger partial charge in [-0.1, -0.05) is 104 Å². The Balaban J connectivity index is 5.29. The maximum Gasteiger partial charge on any atom is 0.303 e. The third kappa shape index (κ3) is 29.8. The van der Waals surface area contributed by atoms with Crippen molar-refractivity contribution in [1.82, 2.24) is 21.3 Å². The van der Waals surface area contributed by atoms with Gasteiger partial charge in [-0.3, -0.25) is 30.0 Å². The topological polar surface area (TPSA) is 276 Å². The Labute approximate surface area is 326 Å². The summed E-state index contributed by atoms with van der Waals surface area (Å²) in [6.07, 6.45) is 18.1. The molecular weight excluding hydrogens is 690 g/mol. The minimum Gasteiger partial charge on any atom is -0.481 e. The Morgan fingerprint density at radius 2 is 1.28 bits per heavy atom. The summed E-state index contributed by atoms with van der Waals surface area (Å²) in [6, 6.07) is -2.65. The second kappa shape index (κ2) is 33.8. The summed E-state index contributed by atoms with van der Waals surface area (Å²) in [7, 11) is 0. The number of carboxylic acids is 1. The molecule has 0 radical (unpaired) electrons. The molecule has 15 nitrogen and oxygen atoms in total. The van der Waals surface area contributed by atoms with E-state index in [-0.39, 0.29) is 37.2 Å². The van der Waals surface area contributed by atoms with Gasteiger partial charge in [0.25, 0.3) is 0 Å². The van der Waals surface area contributed by atoms with E-state index < -0.39 is 48.5 Å². The van der Waals surface area contributed by atoms with Gasteiger partial charge in [0.1, 0.15) is 12.5 Å². The molecule has 6 unspecified atom stereocenters. The van der Waals surface area contributed by atoms with Gasteiger partial charge in [0.05, 0.1) is 12.1 Å². The van der Waals surface area contributed by atoms with Crippen molar-refractivity contribution in [1.29, 1.82) is 0 Å². The van der Waals surface area contributed by atoms with E-state index >= 15 is 0 Å². The molecule has 0 aliphatic rings. The van der Waals surface area contributed by atoms with Crippen molar-refractivity contribution in [3.05, 3.63) is 0 Å². The van der Waals surface area contributed by atoms with Crippen LogP contribution in [-0.4, -0.2) is 95.3 Å². The molecule has 0 bridgehead atoms. The Bertz CT molecular complexity index is 986. The highest BCUT2D eigenvalue weighted by atomic mass is 16.4. The summed E-state index contributed by atoms with van der Waals surface area (Å²) in [5.74, 6) is -2.01. The highest BCUT2D eigenvalue weighted by Crippen LogP contribution is 2.15. The second-order valence-corrected chi connectivity index (χ2v) is 15.3. The number of amides is 2. The SMILES string of the molecule is CCCCCCCCCCCCCCCC(O)NC(CCCCN)C(O)NC(CC(C)C)C(=O)NC(CCCN=C(N)N)CNC(CCC(=O)O)C(N)=O. The second-order valence-electron chi connectivity index (χ2n) is 15.3. The number of carbonyl (C=O) groups is 3. The maximum atomic E-state index is 13.8. The molecule has 15 N–H and O–H groups in total. The van der Waals surface area contributed by atoms with Crippen molar-refractivity contribution in [2.45, 2.75) is 199 Å². The summed E-state index contributed by atoms with van der Waals surface area (Å²) in [5.41, 5.74) is 22.2. The number of aliphatic hydroxyl groups excluding tert-OH is 2. The number of hydrogen-bond acceptors (Lipinski definition) is 10. The van der Waals surface area contributed by atoms with Crippen LogP contribution in [0.3, 0.4) is 0 Å². The molecule has 0 aliphatic carbocycles. The van der Waals surface area contributed by atoms with Crippen molar-refractivity contribution in [3.8, 4) is 0 Å². The highest BCUT2D eigenvalue weighted by molar-refractivity contribution is 5.82. The van der Waals surface area contributed by atoms with Crippen LogP contribution in [0.2, 0.25) is 0 Å². The van der Waals surface area contributed by atoms with Gasteiger partial charge in [-0.2, -0.15) is 0 Å². The lowest BCUT2D eigenvalue weighted by Crippen LogP contribution is -2.59. The molecule has 0 aromatic heterocycles. The van der Waals surface area contributed by atoms with Crippen LogP contribution in [-0.2, 0) is 14.4 Å². The summed E-state index contributed by atoms with van der Waals surface area (Å²) < 4.78 is 0. The molecule has 0 aromatic rings. The first kappa shape index (κ1) is 51.4. The van der Waals surface area contributed by atoms with Crippen molar-refractivity contribution >= 4 is 23.7 Å². The van der Waals surface area contributed by atoms with Crippen LogP contribution < -0.4 is 44.2 Å².